The number of benzene rings is 1. The lowest BCUT2D eigenvalue weighted by Crippen LogP contribution is -2.37. The predicted octanol–water partition coefficient (Wildman–Crippen LogP) is 0.215. The van der Waals surface area contributed by atoms with Crippen LogP contribution in [0.3, 0.4) is 0 Å². The zero-order chi connectivity index (χ0) is 11.8. The molecule has 16 heavy (non-hydrogen) atoms. The van der Waals surface area contributed by atoms with Gasteiger partial charge in [-0.1, -0.05) is 0 Å². The van der Waals surface area contributed by atoms with E-state index in [0.717, 1.165) is 12.8 Å². The van der Waals surface area contributed by atoms with Crippen LogP contribution in [0.1, 0.15) is 23.2 Å². The first kappa shape index (κ1) is 10.6. The molecule has 1 aliphatic rings. The number of nitrogens with two attached hydrogens (primary N) is 2. The minimum absolute atomic E-state index is 0.181. The Kier molecular flexibility index (Phi) is 2.40. The van der Waals surface area contributed by atoms with Gasteiger partial charge in [0.25, 0.3) is 0 Å². The van der Waals surface area contributed by atoms with Crippen molar-refractivity contribution in [3.8, 4) is 0 Å². The number of hydrogen-bond acceptors (Lipinski definition) is 3. The fourth-order valence-electron chi connectivity index (χ4n) is 1.34. The quantitative estimate of drug-likeness (QED) is 0.678. The Labute approximate surface area is 92.8 Å². The highest BCUT2D eigenvalue weighted by Crippen LogP contribution is 2.33. The first-order valence-corrected chi connectivity index (χ1v) is 5.01. The Morgan fingerprint density at radius 1 is 1.19 bits per heavy atom. The van der Waals surface area contributed by atoms with Crippen molar-refractivity contribution < 1.29 is 9.59 Å². The molecule has 2 rings (SSSR count). The second-order valence-corrected chi connectivity index (χ2v) is 4.05. The van der Waals surface area contributed by atoms with Crippen molar-refractivity contribution in [2.75, 3.05) is 5.32 Å². The first-order valence-electron chi connectivity index (χ1n) is 5.01. The highest BCUT2D eigenvalue weighted by Gasteiger charge is 2.45. The van der Waals surface area contributed by atoms with Gasteiger partial charge in [-0.25, -0.2) is 0 Å². The van der Waals surface area contributed by atoms with Crippen molar-refractivity contribution in [2.24, 2.45) is 11.5 Å². The van der Waals surface area contributed by atoms with E-state index in [1.165, 1.54) is 0 Å². The highest BCUT2D eigenvalue weighted by atomic mass is 16.2. The normalized spacial score (nSPS) is 16.6. The maximum atomic E-state index is 11.6. The van der Waals surface area contributed by atoms with Crippen LogP contribution in [0.2, 0.25) is 0 Å². The molecule has 0 radical (unpaired) electrons. The lowest BCUT2D eigenvalue weighted by atomic mass is 10.2. The van der Waals surface area contributed by atoms with Gasteiger partial charge in [0.15, 0.2) is 0 Å². The molecule has 1 fully saturated rings. The molecule has 0 aromatic heterocycles. The lowest BCUT2D eigenvalue weighted by molar-refractivity contribution is -0.118. The largest absolute Gasteiger partial charge is 0.366 e. The maximum Gasteiger partial charge on any atom is 0.248 e. The van der Waals surface area contributed by atoms with Crippen molar-refractivity contribution >= 4 is 17.5 Å². The molecule has 0 spiro atoms. The van der Waals surface area contributed by atoms with Gasteiger partial charge in [-0.15, -0.1) is 0 Å². The van der Waals surface area contributed by atoms with Gasteiger partial charge in [-0.05, 0) is 37.1 Å². The van der Waals surface area contributed by atoms with Gasteiger partial charge in [0, 0.05) is 11.3 Å². The third-order valence-corrected chi connectivity index (χ3v) is 2.67. The summed E-state index contributed by atoms with van der Waals surface area (Å²) in [4.78, 5) is 22.4. The number of anilines is 1. The Balaban J connectivity index is 2.05. The molecule has 5 nitrogen and oxygen atoms in total. The van der Waals surface area contributed by atoms with Crippen LogP contribution in [-0.4, -0.2) is 17.4 Å². The Morgan fingerprint density at radius 2 is 1.75 bits per heavy atom. The summed E-state index contributed by atoms with van der Waals surface area (Å²) in [6.07, 6.45) is 1.44. The zero-order valence-electron chi connectivity index (χ0n) is 8.69. The SMILES string of the molecule is NC(=O)c1ccc(NC(=O)C2(N)CC2)cc1. The standard InChI is InChI=1S/C11H13N3O2/c12-9(15)7-1-3-8(4-2-7)14-10(16)11(13)5-6-11/h1-4H,5-6,13H2,(H2,12,15)(H,14,16). The topological polar surface area (TPSA) is 98.2 Å². The van der Waals surface area contributed by atoms with Gasteiger partial charge >= 0.3 is 0 Å². The molecule has 0 heterocycles. The summed E-state index contributed by atoms with van der Waals surface area (Å²) < 4.78 is 0. The molecule has 1 aliphatic carbocycles. The molecular weight excluding hydrogens is 206 g/mol. The molecule has 0 unspecified atom stereocenters. The summed E-state index contributed by atoms with van der Waals surface area (Å²) in [5.41, 5.74) is 11.2. The van der Waals surface area contributed by atoms with E-state index in [4.69, 9.17) is 11.5 Å². The number of primary amides is 1. The van der Waals surface area contributed by atoms with E-state index >= 15 is 0 Å². The van der Waals surface area contributed by atoms with Gasteiger partial charge in [0.2, 0.25) is 11.8 Å². The summed E-state index contributed by atoms with van der Waals surface area (Å²) in [6.45, 7) is 0. The van der Waals surface area contributed by atoms with E-state index in [9.17, 15) is 9.59 Å². The van der Waals surface area contributed by atoms with E-state index in [0.29, 0.717) is 11.3 Å². The Bertz CT molecular complexity index is 435. The predicted molar refractivity (Wildman–Crippen MR) is 59.7 cm³/mol. The van der Waals surface area contributed by atoms with Crippen LogP contribution in [0, 0.1) is 0 Å². The number of carbonyl (C=O) groups excluding carboxylic acids is 2. The summed E-state index contributed by atoms with van der Waals surface area (Å²) in [5, 5.41) is 2.69. The third kappa shape index (κ3) is 2.04. The zero-order valence-corrected chi connectivity index (χ0v) is 8.69. The van der Waals surface area contributed by atoms with Crippen molar-refractivity contribution in [1.29, 1.82) is 0 Å². The third-order valence-electron chi connectivity index (χ3n) is 2.67. The van der Waals surface area contributed by atoms with Crippen LogP contribution < -0.4 is 16.8 Å². The summed E-state index contributed by atoms with van der Waals surface area (Å²) in [7, 11) is 0. The molecule has 2 amide bonds. The lowest BCUT2D eigenvalue weighted by Gasteiger charge is -2.09. The van der Waals surface area contributed by atoms with E-state index in [1.54, 1.807) is 24.3 Å². The fourth-order valence-corrected chi connectivity index (χ4v) is 1.34. The fraction of sp³-hybridized carbons (Fsp3) is 0.273. The van der Waals surface area contributed by atoms with Crippen LogP contribution >= 0.6 is 0 Å². The van der Waals surface area contributed by atoms with Gasteiger partial charge in [-0.2, -0.15) is 0 Å². The number of carbonyl (C=O) groups is 2. The van der Waals surface area contributed by atoms with Crippen molar-refractivity contribution in [1.82, 2.24) is 0 Å². The second-order valence-electron chi connectivity index (χ2n) is 4.05. The van der Waals surface area contributed by atoms with Crippen LogP contribution in [0.5, 0.6) is 0 Å². The number of rotatable bonds is 3. The van der Waals surface area contributed by atoms with Gasteiger partial charge in [0.05, 0.1) is 5.54 Å². The molecular formula is C11H13N3O2. The molecule has 1 aromatic carbocycles. The van der Waals surface area contributed by atoms with E-state index < -0.39 is 11.4 Å². The van der Waals surface area contributed by atoms with E-state index in [1.807, 2.05) is 0 Å². The van der Waals surface area contributed by atoms with Gasteiger partial charge in [-0.3, -0.25) is 9.59 Å². The van der Waals surface area contributed by atoms with Crippen LogP contribution in [-0.2, 0) is 4.79 Å². The molecule has 0 aliphatic heterocycles. The van der Waals surface area contributed by atoms with Crippen LogP contribution in [0.25, 0.3) is 0 Å². The van der Waals surface area contributed by atoms with Crippen molar-refractivity contribution in [3.05, 3.63) is 29.8 Å². The minimum Gasteiger partial charge on any atom is -0.366 e. The summed E-state index contributed by atoms with van der Waals surface area (Å²) in [6, 6.07) is 6.38. The Hall–Kier alpha value is -1.88. The van der Waals surface area contributed by atoms with E-state index in [-0.39, 0.29) is 5.91 Å². The average Bonchev–Trinajstić information content (AvgIpc) is 2.99. The maximum absolute atomic E-state index is 11.6. The number of nitrogens with one attached hydrogen (secondary N) is 1. The molecule has 5 N–H and O–H groups in total. The van der Waals surface area contributed by atoms with Crippen molar-refractivity contribution in [2.45, 2.75) is 18.4 Å². The molecule has 0 saturated heterocycles. The van der Waals surface area contributed by atoms with Crippen molar-refractivity contribution in [3.63, 3.8) is 0 Å². The van der Waals surface area contributed by atoms with Crippen LogP contribution in [0.4, 0.5) is 5.69 Å². The Morgan fingerprint density at radius 3 is 2.19 bits per heavy atom. The van der Waals surface area contributed by atoms with E-state index in [2.05, 4.69) is 5.32 Å². The molecule has 1 aromatic rings. The molecule has 0 atom stereocenters. The van der Waals surface area contributed by atoms with Crippen LogP contribution in [0.15, 0.2) is 24.3 Å². The highest BCUT2D eigenvalue weighted by molar-refractivity contribution is 6.00. The molecule has 5 heteroatoms. The summed E-state index contributed by atoms with van der Waals surface area (Å²) >= 11 is 0. The minimum atomic E-state index is -0.692. The molecule has 84 valence electrons. The molecule has 0 bridgehead atoms. The summed E-state index contributed by atoms with van der Waals surface area (Å²) in [5.74, 6) is -0.672. The van der Waals surface area contributed by atoms with Gasteiger partial charge in [0.1, 0.15) is 0 Å². The average molecular weight is 219 g/mol. The monoisotopic (exact) mass is 219 g/mol. The smallest absolute Gasteiger partial charge is 0.248 e. The van der Waals surface area contributed by atoms with Gasteiger partial charge < -0.3 is 16.8 Å². The number of hydrogen-bond donors (Lipinski definition) is 3. The first-order chi connectivity index (χ1) is 7.51. The number of amides is 2. The second kappa shape index (κ2) is 3.61. The molecule has 1 saturated carbocycles.